The van der Waals surface area contributed by atoms with Crippen molar-refractivity contribution < 1.29 is 9.53 Å². The number of benzene rings is 1. The molecule has 21 heavy (non-hydrogen) atoms. The van der Waals surface area contributed by atoms with Crippen molar-refractivity contribution in [1.82, 2.24) is 5.32 Å². The second-order valence-electron chi connectivity index (χ2n) is 5.40. The summed E-state index contributed by atoms with van der Waals surface area (Å²) in [5, 5.41) is 3.32. The van der Waals surface area contributed by atoms with Gasteiger partial charge in [0, 0.05) is 18.5 Å². The summed E-state index contributed by atoms with van der Waals surface area (Å²) in [7, 11) is 0. The van der Waals surface area contributed by atoms with Crippen molar-refractivity contribution in [2.24, 2.45) is 0 Å². The number of hydrogen-bond acceptors (Lipinski definition) is 3. The lowest BCUT2D eigenvalue weighted by atomic mass is 9.99. The van der Waals surface area contributed by atoms with Crippen LogP contribution in [0, 0.1) is 0 Å². The smallest absolute Gasteiger partial charge is 0.159 e. The van der Waals surface area contributed by atoms with E-state index >= 15 is 0 Å². The Hall–Kier alpha value is -2.13. The minimum Gasteiger partial charge on any atom is -0.457 e. The molecule has 0 aromatic heterocycles. The van der Waals surface area contributed by atoms with E-state index in [1.807, 2.05) is 25.1 Å². The van der Waals surface area contributed by atoms with Crippen LogP contribution in [-0.2, 0) is 4.79 Å². The van der Waals surface area contributed by atoms with Gasteiger partial charge < -0.3 is 10.1 Å². The van der Waals surface area contributed by atoms with Crippen molar-refractivity contribution in [1.29, 1.82) is 0 Å². The Bertz CT molecular complexity index is 653. The van der Waals surface area contributed by atoms with E-state index in [-0.39, 0.29) is 5.78 Å². The van der Waals surface area contributed by atoms with Gasteiger partial charge in [0.15, 0.2) is 5.78 Å². The molecule has 0 unspecified atom stereocenters. The summed E-state index contributed by atoms with van der Waals surface area (Å²) in [5.41, 5.74) is 3.44. The van der Waals surface area contributed by atoms with Gasteiger partial charge in [-0.1, -0.05) is 24.3 Å². The minimum absolute atomic E-state index is 0.134. The van der Waals surface area contributed by atoms with E-state index in [1.165, 1.54) is 5.57 Å². The third-order valence-corrected chi connectivity index (χ3v) is 3.80. The fourth-order valence-electron chi connectivity index (χ4n) is 2.65. The molecule has 0 fully saturated rings. The fraction of sp³-hybridized carbons (Fsp3) is 0.278. The van der Waals surface area contributed by atoms with Gasteiger partial charge in [0.05, 0.1) is 0 Å². The third kappa shape index (κ3) is 3.14. The highest BCUT2D eigenvalue weighted by Crippen LogP contribution is 2.31. The van der Waals surface area contributed by atoms with E-state index in [1.54, 1.807) is 12.2 Å². The number of para-hydroxylation sites is 1. The number of ketones is 1. The van der Waals surface area contributed by atoms with Crippen LogP contribution in [-0.4, -0.2) is 18.9 Å². The molecule has 1 N–H and O–H groups in total. The molecule has 3 heteroatoms. The predicted octanol–water partition coefficient (Wildman–Crippen LogP) is 3.25. The first kappa shape index (κ1) is 13.8. The van der Waals surface area contributed by atoms with Gasteiger partial charge in [0.2, 0.25) is 0 Å². The number of nitrogens with one attached hydrogen (secondary N) is 1. The number of ether oxygens (including phenoxy) is 1. The molecule has 1 aliphatic heterocycles. The summed E-state index contributed by atoms with van der Waals surface area (Å²) in [5.74, 6) is 1.78. The molecular formula is C18H19NO2. The molecule has 0 spiro atoms. The highest BCUT2D eigenvalue weighted by molar-refractivity contribution is 5.93. The Morgan fingerprint density at radius 2 is 2.05 bits per heavy atom. The van der Waals surface area contributed by atoms with Gasteiger partial charge in [-0.15, -0.1) is 0 Å². The van der Waals surface area contributed by atoms with Crippen molar-refractivity contribution in [3.8, 4) is 5.75 Å². The maximum absolute atomic E-state index is 11.4. The maximum Gasteiger partial charge on any atom is 0.159 e. The summed E-state index contributed by atoms with van der Waals surface area (Å²) in [4.78, 5) is 11.4. The lowest BCUT2D eigenvalue weighted by molar-refractivity contribution is -0.114. The highest BCUT2D eigenvalue weighted by Gasteiger charge is 2.15. The van der Waals surface area contributed by atoms with E-state index in [0.29, 0.717) is 6.42 Å². The van der Waals surface area contributed by atoms with Crippen LogP contribution < -0.4 is 10.1 Å². The number of allylic oxidation sites excluding steroid dienone is 3. The first-order valence-corrected chi connectivity index (χ1v) is 7.32. The zero-order valence-electron chi connectivity index (χ0n) is 12.2. The number of carbonyl (C=O) groups is 1. The summed E-state index contributed by atoms with van der Waals surface area (Å²) < 4.78 is 6.08. The SMILES string of the molecule is CC1=C(Oc2ccccc2C2=CCNCC2)C=CC(=O)C1. The Labute approximate surface area is 125 Å². The van der Waals surface area contributed by atoms with Crippen molar-refractivity contribution in [3.05, 3.63) is 59.4 Å². The van der Waals surface area contributed by atoms with Crippen LogP contribution in [0.2, 0.25) is 0 Å². The maximum atomic E-state index is 11.4. The first-order chi connectivity index (χ1) is 10.2. The second kappa shape index (κ2) is 6.10. The average Bonchev–Trinajstić information content (AvgIpc) is 2.51. The third-order valence-electron chi connectivity index (χ3n) is 3.80. The van der Waals surface area contributed by atoms with Crippen LogP contribution in [0.25, 0.3) is 5.57 Å². The molecule has 0 saturated carbocycles. The van der Waals surface area contributed by atoms with Gasteiger partial charge in [-0.3, -0.25) is 4.79 Å². The lowest BCUT2D eigenvalue weighted by Crippen LogP contribution is -2.20. The molecule has 2 aliphatic rings. The first-order valence-electron chi connectivity index (χ1n) is 7.32. The molecule has 0 saturated heterocycles. The Balaban J connectivity index is 1.90. The monoisotopic (exact) mass is 281 g/mol. The van der Waals surface area contributed by atoms with Gasteiger partial charge in [0.25, 0.3) is 0 Å². The zero-order chi connectivity index (χ0) is 14.7. The highest BCUT2D eigenvalue weighted by atomic mass is 16.5. The summed E-state index contributed by atoms with van der Waals surface area (Å²) in [6.45, 7) is 3.85. The molecule has 1 heterocycles. The van der Waals surface area contributed by atoms with Crippen molar-refractivity contribution in [3.63, 3.8) is 0 Å². The fourth-order valence-corrected chi connectivity index (χ4v) is 2.65. The normalized spacial score (nSPS) is 18.7. The molecular weight excluding hydrogens is 262 g/mol. The molecule has 3 rings (SSSR count). The minimum atomic E-state index is 0.134. The molecule has 1 aromatic carbocycles. The van der Waals surface area contributed by atoms with Gasteiger partial charge >= 0.3 is 0 Å². The summed E-state index contributed by atoms with van der Waals surface area (Å²) in [6.07, 6.45) is 7.03. The molecule has 1 aliphatic carbocycles. The van der Waals surface area contributed by atoms with Crippen LogP contribution in [0.4, 0.5) is 0 Å². The molecule has 3 nitrogen and oxygen atoms in total. The summed E-state index contributed by atoms with van der Waals surface area (Å²) in [6, 6.07) is 8.10. The lowest BCUT2D eigenvalue weighted by Gasteiger charge is -2.19. The van der Waals surface area contributed by atoms with Gasteiger partial charge in [-0.25, -0.2) is 0 Å². The van der Waals surface area contributed by atoms with E-state index in [4.69, 9.17) is 4.74 Å². The van der Waals surface area contributed by atoms with Crippen LogP contribution in [0.5, 0.6) is 5.75 Å². The number of carbonyl (C=O) groups excluding carboxylic acids is 1. The number of rotatable bonds is 3. The van der Waals surface area contributed by atoms with E-state index in [0.717, 1.165) is 42.2 Å². The van der Waals surface area contributed by atoms with Crippen LogP contribution in [0.3, 0.4) is 0 Å². The molecule has 0 atom stereocenters. The second-order valence-corrected chi connectivity index (χ2v) is 5.40. The van der Waals surface area contributed by atoms with Crippen LogP contribution in [0.15, 0.2) is 53.8 Å². The average molecular weight is 281 g/mol. The Morgan fingerprint density at radius 1 is 1.19 bits per heavy atom. The van der Waals surface area contributed by atoms with Gasteiger partial charge in [-0.2, -0.15) is 0 Å². The largest absolute Gasteiger partial charge is 0.457 e. The Morgan fingerprint density at radius 3 is 2.81 bits per heavy atom. The van der Waals surface area contributed by atoms with E-state index < -0.39 is 0 Å². The topological polar surface area (TPSA) is 38.3 Å². The van der Waals surface area contributed by atoms with Crippen molar-refractivity contribution >= 4 is 11.4 Å². The number of hydrogen-bond donors (Lipinski definition) is 1. The van der Waals surface area contributed by atoms with Gasteiger partial charge in [0.1, 0.15) is 11.5 Å². The van der Waals surface area contributed by atoms with Crippen molar-refractivity contribution in [2.75, 3.05) is 13.1 Å². The molecule has 1 aromatic rings. The standard InChI is InChI=1S/C18H19NO2/c1-13-12-15(20)6-7-17(13)21-18-5-3-2-4-16(18)14-8-10-19-11-9-14/h2-8,19H,9-12H2,1H3. The quantitative estimate of drug-likeness (QED) is 0.924. The molecule has 0 radical (unpaired) electrons. The summed E-state index contributed by atoms with van der Waals surface area (Å²) >= 11 is 0. The van der Waals surface area contributed by atoms with E-state index in [2.05, 4.69) is 17.5 Å². The predicted molar refractivity (Wildman–Crippen MR) is 84.0 cm³/mol. The van der Waals surface area contributed by atoms with Crippen molar-refractivity contribution in [2.45, 2.75) is 19.8 Å². The Kier molecular flexibility index (Phi) is 4.02. The zero-order valence-corrected chi connectivity index (χ0v) is 12.2. The van der Waals surface area contributed by atoms with Gasteiger partial charge in [-0.05, 0) is 49.3 Å². The van der Waals surface area contributed by atoms with Crippen LogP contribution >= 0.6 is 0 Å². The molecule has 0 bridgehead atoms. The van der Waals surface area contributed by atoms with E-state index in [9.17, 15) is 4.79 Å². The molecule has 0 amide bonds. The van der Waals surface area contributed by atoms with Crippen LogP contribution in [0.1, 0.15) is 25.3 Å². The molecule has 108 valence electrons.